The molecule has 222 valence electrons. The summed E-state index contributed by atoms with van der Waals surface area (Å²) in [5, 5.41) is 20.1. The molecule has 0 aromatic rings. The van der Waals surface area contributed by atoms with E-state index < -0.39 is 23.0 Å². The maximum absolute atomic E-state index is 12.8. The SMILES string of the molecule is CC(/C=C/C(=O)[C@]1(C)C[C@@H](O)CC1(C)C)=C\C=C\C=C\C=C\C=C\C=C\C=C\C=C\C(=O)[C@]1(C)C[C@@H](O)CC1(C)C. The number of aliphatic hydroxyl groups is 2. The minimum Gasteiger partial charge on any atom is -0.393 e. The van der Waals surface area contributed by atoms with Crippen molar-refractivity contribution < 1.29 is 19.8 Å². The largest absolute Gasteiger partial charge is 0.393 e. The van der Waals surface area contributed by atoms with Gasteiger partial charge in [-0.2, -0.15) is 0 Å². The van der Waals surface area contributed by atoms with Crippen LogP contribution in [0.25, 0.3) is 0 Å². The Kier molecular flexibility index (Phi) is 12.2. The highest BCUT2D eigenvalue weighted by molar-refractivity contribution is 5.96. The van der Waals surface area contributed by atoms with Gasteiger partial charge in [-0.15, -0.1) is 0 Å². The van der Waals surface area contributed by atoms with Gasteiger partial charge in [-0.05, 0) is 55.6 Å². The van der Waals surface area contributed by atoms with Crippen LogP contribution in [0.15, 0.2) is 109 Å². The lowest BCUT2D eigenvalue weighted by Gasteiger charge is -2.35. The molecular weight excluding hydrogens is 508 g/mol. The van der Waals surface area contributed by atoms with Crippen LogP contribution in [0.2, 0.25) is 0 Å². The second-order valence-electron chi connectivity index (χ2n) is 13.2. The maximum atomic E-state index is 12.8. The number of hydrogen-bond acceptors (Lipinski definition) is 4. The number of ketones is 2. The number of rotatable bonds is 12. The zero-order chi connectivity index (χ0) is 30.7. The summed E-state index contributed by atoms with van der Waals surface area (Å²) < 4.78 is 0. The minimum atomic E-state index is -0.536. The van der Waals surface area contributed by atoms with E-state index in [1.165, 1.54) is 0 Å². The zero-order valence-corrected chi connectivity index (χ0v) is 26.0. The third-order valence-corrected chi connectivity index (χ3v) is 9.29. The van der Waals surface area contributed by atoms with Crippen molar-refractivity contribution >= 4 is 11.6 Å². The van der Waals surface area contributed by atoms with Crippen molar-refractivity contribution in [1.29, 1.82) is 0 Å². The highest BCUT2D eigenvalue weighted by atomic mass is 16.3. The molecule has 0 spiro atoms. The van der Waals surface area contributed by atoms with Gasteiger partial charge in [-0.1, -0.05) is 138 Å². The summed E-state index contributed by atoms with van der Waals surface area (Å²) in [5.41, 5.74) is -0.514. The second kappa shape index (κ2) is 14.7. The molecule has 2 aliphatic rings. The number of aliphatic hydroxyl groups excluding tert-OH is 2. The first-order valence-corrected chi connectivity index (χ1v) is 14.6. The smallest absolute Gasteiger partial charge is 0.162 e. The first-order valence-electron chi connectivity index (χ1n) is 14.6. The zero-order valence-electron chi connectivity index (χ0n) is 26.0. The van der Waals surface area contributed by atoms with Crippen LogP contribution in [0.1, 0.15) is 74.1 Å². The third-order valence-electron chi connectivity index (χ3n) is 9.29. The lowest BCUT2D eigenvalue weighted by atomic mass is 9.66. The third kappa shape index (κ3) is 9.21. The summed E-state index contributed by atoms with van der Waals surface area (Å²) in [6, 6.07) is 0. The molecule has 0 bridgehead atoms. The molecule has 2 fully saturated rings. The van der Waals surface area contributed by atoms with Gasteiger partial charge in [0.25, 0.3) is 0 Å². The van der Waals surface area contributed by atoms with Crippen LogP contribution in [-0.4, -0.2) is 34.0 Å². The van der Waals surface area contributed by atoms with Gasteiger partial charge >= 0.3 is 0 Å². The molecule has 0 amide bonds. The summed E-state index contributed by atoms with van der Waals surface area (Å²) >= 11 is 0. The molecule has 0 aromatic heterocycles. The minimum absolute atomic E-state index is 0.0653. The Morgan fingerprint density at radius 2 is 0.854 bits per heavy atom. The molecule has 2 N–H and O–H groups in total. The molecule has 4 atom stereocenters. The number of allylic oxidation sites excluding steroid dienone is 18. The Morgan fingerprint density at radius 3 is 1.22 bits per heavy atom. The predicted octanol–water partition coefficient (Wildman–Crippen LogP) is 7.89. The molecule has 0 heterocycles. The van der Waals surface area contributed by atoms with Gasteiger partial charge < -0.3 is 10.2 Å². The average molecular weight is 559 g/mol. The molecule has 0 saturated heterocycles. The fourth-order valence-corrected chi connectivity index (χ4v) is 5.82. The summed E-state index contributed by atoms with van der Waals surface area (Å²) in [4.78, 5) is 25.5. The lowest BCUT2D eigenvalue weighted by molar-refractivity contribution is -0.128. The molecule has 2 saturated carbocycles. The van der Waals surface area contributed by atoms with E-state index in [2.05, 4.69) is 27.7 Å². The van der Waals surface area contributed by atoms with Crippen molar-refractivity contribution in [3.05, 3.63) is 109 Å². The van der Waals surface area contributed by atoms with Crippen LogP contribution in [-0.2, 0) is 9.59 Å². The molecule has 4 heteroatoms. The van der Waals surface area contributed by atoms with Crippen molar-refractivity contribution in [3.8, 4) is 0 Å². The fourth-order valence-electron chi connectivity index (χ4n) is 5.82. The van der Waals surface area contributed by atoms with Gasteiger partial charge in [0.15, 0.2) is 11.6 Å². The average Bonchev–Trinajstić information content (AvgIpc) is 3.23. The van der Waals surface area contributed by atoms with Crippen molar-refractivity contribution in [3.63, 3.8) is 0 Å². The van der Waals surface area contributed by atoms with E-state index in [0.717, 1.165) is 5.57 Å². The molecular formula is C37H50O4. The summed E-state index contributed by atoms with van der Waals surface area (Å²) in [6.45, 7) is 14.1. The van der Waals surface area contributed by atoms with Crippen molar-refractivity contribution in [2.24, 2.45) is 21.7 Å². The number of hydrogen-bond donors (Lipinski definition) is 2. The predicted molar refractivity (Wildman–Crippen MR) is 171 cm³/mol. The lowest BCUT2D eigenvalue weighted by Crippen LogP contribution is -2.36. The van der Waals surface area contributed by atoms with E-state index in [4.69, 9.17) is 0 Å². The van der Waals surface area contributed by atoms with Gasteiger partial charge in [0.2, 0.25) is 0 Å². The first kappa shape index (κ1) is 34.1. The fraction of sp³-hybridized carbons (Fsp3) is 0.459. The Labute approximate surface area is 248 Å². The quantitative estimate of drug-likeness (QED) is 0.189. The Morgan fingerprint density at radius 1 is 0.512 bits per heavy atom. The van der Waals surface area contributed by atoms with E-state index in [-0.39, 0.29) is 22.4 Å². The van der Waals surface area contributed by atoms with Crippen molar-refractivity contribution in [2.45, 2.75) is 86.4 Å². The molecule has 0 unspecified atom stereocenters. The van der Waals surface area contributed by atoms with E-state index in [9.17, 15) is 19.8 Å². The van der Waals surface area contributed by atoms with E-state index in [0.29, 0.717) is 25.7 Å². The molecule has 2 rings (SSSR count). The summed E-state index contributed by atoms with van der Waals surface area (Å²) in [6.07, 6.45) is 33.3. The molecule has 0 aliphatic heterocycles. The Balaban J connectivity index is 1.72. The van der Waals surface area contributed by atoms with Crippen LogP contribution >= 0.6 is 0 Å². The van der Waals surface area contributed by atoms with E-state index in [1.807, 2.05) is 106 Å². The normalized spacial score (nSPS) is 30.8. The van der Waals surface area contributed by atoms with Crippen LogP contribution in [0, 0.1) is 21.7 Å². The first-order chi connectivity index (χ1) is 19.1. The molecule has 0 radical (unpaired) electrons. The molecule has 0 aromatic carbocycles. The summed E-state index contributed by atoms with van der Waals surface area (Å²) in [7, 11) is 0. The van der Waals surface area contributed by atoms with Crippen molar-refractivity contribution in [1.82, 2.24) is 0 Å². The van der Waals surface area contributed by atoms with Crippen LogP contribution in [0.4, 0.5) is 0 Å². The molecule has 2 aliphatic carbocycles. The maximum Gasteiger partial charge on any atom is 0.162 e. The number of carbonyl (C=O) groups is 2. The van der Waals surface area contributed by atoms with Gasteiger partial charge in [0, 0.05) is 10.8 Å². The Bertz CT molecular complexity index is 1200. The second-order valence-corrected chi connectivity index (χ2v) is 13.2. The van der Waals surface area contributed by atoms with Crippen LogP contribution in [0.5, 0.6) is 0 Å². The highest BCUT2D eigenvalue weighted by Crippen LogP contribution is 2.54. The van der Waals surface area contributed by atoms with Crippen LogP contribution in [0.3, 0.4) is 0 Å². The summed E-state index contributed by atoms with van der Waals surface area (Å²) in [5.74, 6) is 0.138. The molecule has 4 nitrogen and oxygen atoms in total. The van der Waals surface area contributed by atoms with Gasteiger partial charge in [-0.25, -0.2) is 0 Å². The van der Waals surface area contributed by atoms with Gasteiger partial charge in [0.1, 0.15) is 0 Å². The van der Waals surface area contributed by atoms with E-state index in [1.54, 1.807) is 18.2 Å². The van der Waals surface area contributed by atoms with Crippen LogP contribution < -0.4 is 0 Å². The molecule has 41 heavy (non-hydrogen) atoms. The van der Waals surface area contributed by atoms with Gasteiger partial charge in [0.05, 0.1) is 12.2 Å². The highest BCUT2D eigenvalue weighted by Gasteiger charge is 2.53. The topological polar surface area (TPSA) is 74.6 Å². The van der Waals surface area contributed by atoms with Gasteiger partial charge in [-0.3, -0.25) is 9.59 Å². The van der Waals surface area contributed by atoms with Crippen molar-refractivity contribution in [2.75, 3.05) is 0 Å². The number of carbonyl (C=O) groups excluding carboxylic acids is 2. The standard InChI is InChI=1S/C37H50O4/c1-29(23-24-33(41)37(7)28-31(39)26-35(37,4)5)21-19-17-15-13-11-9-8-10-12-14-16-18-20-22-32(40)36(6)27-30(38)25-34(36,2)3/h8-24,30-31,38-39H,25-28H2,1-7H3/b10-8+,11-9+,14-12+,15-13+,18-16+,19-17+,22-20+,24-23+,29-21+/t30-,31-,36-,37-/m0/s1. The van der Waals surface area contributed by atoms with E-state index >= 15 is 0 Å². The monoisotopic (exact) mass is 558 g/mol. The Hall–Kier alpha value is -3.08.